The molecule has 0 fully saturated rings. The monoisotopic (exact) mass is 217 g/mol. The zero-order valence-electron chi connectivity index (χ0n) is 8.35. The lowest BCUT2D eigenvalue weighted by Crippen LogP contribution is -2.24. The van der Waals surface area contributed by atoms with E-state index in [4.69, 9.17) is 0 Å². The smallest absolute Gasteiger partial charge is 0.226 e. The lowest BCUT2D eigenvalue weighted by Gasteiger charge is -2.10. The minimum atomic E-state index is -1.26. The van der Waals surface area contributed by atoms with Crippen LogP contribution in [0.25, 0.3) is 0 Å². The van der Waals surface area contributed by atoms with Crippen molar-refractivity contribution in [3.8, 4) is 0 Å². The van der Waals surface area contributed by atoms with E-state index in [1.807, 2.05) is 0 Å². The first-order valence-corrected chi connectivity index (χ1v) is 4.25. The highest BCUT2D eigenvalue weighted by Gasteiger charge is 2.13. The molecule has 5 heteroatoms. The number of benzene rings is 1. The van der Waals surface area contributed by atoms with Crippen molar-refractivity contribution in [1.29, 1.82) is 0 Å². The Balaban J connectivity index is 2.96. The van der Waals surface area contributed by atoms with Crippen molar-refractivity contribution in [2.75, 3.05) is 14.1 Å². The minimum Gasteiger partial charge on any atom is -0.349 e. The van der Waals surface area contributed by atoms with Crippen LogP contribution in [0.5, 0.6) is 0 Å². The van der Waals surface area contributed by atoms with Gasteiger partial charge in [0.2, 0.25) is 5.91 Å². The Morgan fingerprint density at radius 1 is 1.13 bits per heavy atom. The molecule has 82 valence electrons. The van der Waals surface area contributed by atoms with Gasteiger partial charge < -0.3 is 4.90 Å². The highest BCUT2D eigenvalue weighted by molar-refractivity contribution is 5.78. The van der Waals surface area contributed by atoms with Crippen LogP contribution in [-0.2, 0) is 11.2 Å². The fraction of sp³-hybridized carbons (Fsp3) is 0.300. The molecule has 0 aliphatic rings. The molecule has 15 heavy (non-hydrogen) atoms. The molecule has 0 bridgehead atoms. The molecule has 1 aromatic rings. The van der Waals surface area contributed by atoms with Crippen LogP contribution < -0.4 is 0 Å². The Morgan fingerprint density at radius 3 is 2.20 bits per heavy atom. The van der Waals surface area contributed by atoms with Gasteiger partial charge in [0, 0.05) is 25.7 Å². The van der Waals surface area contributed by atoms with Crippen LogP contribution in [0.1, 0.15) is 5.56 Å². The van der Waals surface area contributed by atoms with Crippen molar-refractivity contribution in [2.24, 2.45) is 0 Å². The molecular weight excluding hydrogens is 207 g/mol. The Bertz CT molecular complexity index is 390. The number of carbonyl (C=O) groups excluding carboxylic acids is 1. The molecule has 0 unspecified atom stereocenters. The number of nitrogens with zero attached hydrogens (tertiary/aromatic N) is 1. The van der Waals surface area contributed by atoms with Crippen molar-refractivity contribution in [2.45, 2.75) is 6.42 Å². The minimum absolute atomic E-state index is 0.146. The second-order valence-corrected chi connectivity index (χ2v) is 3.32. The van der Waals surface area contributed by atoms with Gasteiger partial charge in [-0.2, -0.15) is 0 Å². The molecule has 0 saturated heterocycles. The van der Waals surface area contributed by atoms with Gasteiger partial charge in [-0.1, -0.05) is 0 Å². The lowest BCUT2D eigenvalue weighted by atomic mass is 10.1. The van der Waals surface area contributed by atoms with E-state index in [2.05, 4.69) is 0 Å². The topological polar surface area (TPSA) is 20.3 Å². The van der Waals surface area contributed by atoms with Crippen molar-refractivity contribution < 1.29 is 18.0 Å². The van der Waals surface area contributed by atoms with Crippen LogP contribution in [0, 0.1) is 17.5 Å². The summed E-state index contributed by atoms with van der Waals surface area (Å²) in [4.78, 5) is 12.5. The zero-order valence-corrected chi connectivity index (χ0v) is 8.35. The van der Waals surface area contributed by atoms with Gasteiger partial charge in [0.05, 0.1) is 6.42 Å². The molecule has 0 heterocycles. The van der Waals surface area contributed by atoms with Crippen molar-refractivity contribution in [3.05, 3.63) is 35.1 Å². The largest absolute Gasteiger partial charge is 0.349 e. The molecule has 2 nitrogen and oxygen atoms in total. The summed E-state index contributed by atoms with van der Waals surface area (Å²) < 4.78 is 38.4. The number of hydrogen-bond donors (Lipinski definition) is 0. The van der Waals surface area contributed by atoms with Gasteiger partial charge in [0.25, 0.3) is 0 Å². The summed E-state index contributed by atoms with van der Waals surface area (Å²) in [6.07, 6.45) is -0.282. The normalized spacial score (nSPS) is 10.2. The highest BCUT2D eigenvalue weighted by Crippen LogP contribution is 2.14. The summed E-state index contributed by atoms with van der Waals surface area (Å²) in [5.41, 5.74) is -0.146. The molecule has 1 amide bonds. The summed E-state index contributed by atoms with van der Waals surface area (Å²) in [6.45, 7) is 0. The van der Waals surface area contributed by atoms with E-state index >= 15 is 0 Å². The number of likely N-dealkylation sites (N-methyl/N-ethyl adjacent to an activating group) is 1. The fourth-order valence-corrected chi connectivity index (χ4v) is 1.02. The van der Waals surface area contributed by atoms with Gasteiger partial charge in [-0.3, -0.25) is 4.79 Å². The molecule has 0 saturated carbocycles. The average Bonchev–Trinajstić information content (AvgIpc) is 2.13. The summed E-state index contributed by atoms with van der Waals surface area (Å²) in [5.74, 6) is -3.70. The predicted molar refractivity (Wildman–Crippen MR) is 48.7 cm³/mol. The molecule has 1 rings (SSSR count). The van der Waals surface area contributed by atoms with Gasteiger partial charge in [-0.05, 0) is 6.07 Å². The van der Waals surface area contributed by atoms with Crippen LogP contribution in [0.3, 0.4) is 0 Å². The summed E-state index contributed by atoms with van der Waals surface area (Å²) in [5, 5.41) is 0. The van der Waals surface area contributed by atoms with Gasteiger partial charge >= 0.3 is 0 Å². The van der Waals surface area contributed by atoms with Crippen LogP contribution in [0.2, 0.25) is 0 Å². The van der Waals surface area contributed by atoms with Crippen LogP contribution in [0.4, 0.5) is 13.2 Å². The highest BCUT2D eigenvalue weighted by atomic mass is 19.2. The van der Waals surface area contributed by atoms with Crippen molar-refractivity contribution in [3.63, 3.8) is 0 Å². The van der Waals surface area contributed by atoms with Crippen molar-refractivity contribution >= 4 is 5.91 Å². The van der Waals surface area contributed by atoms with Crippen LogP contribution in [0.15, 0.2) is 12.1 Å². The number of amides is 1. The summed E-state index contributed by atoms with van der Waals surface area (Å²) in [7, 11) is 3.00. The fourth-order valence-electron chi connectivity index (χ4n) is 1.02. The van der Waals surface area contributed by atoms with E-state index < -0.39 is 17.5 Å². The SMILES string of the molecule is CN(C)C(=O)Cc1cc(F)c(F)cc1F. The summed E-state index contributed by atoms with van der Waals surface area (Å²) in [6, 6.07) is 1.14. The molecule has 1 aromatic carbocycles. The molecule has 0 spiro atoms. The first kappa shape index (κ1) is 11.6. The Kier molecular flexibility index (Phi) is 3.34. The standard InChI is InChI=1S/C10H10F3NO/c1-14(2)10(15)4-6-3-8(12)9(13)5-7(6)11/h3,5H,4H2,1-2H3. The molecule has 0 radical (unpaired) electrons. The van der Waals surface area contributed by atoms with E-state index in [-0.39, 0.29) is 17.9 Å². The third kappa shape index (κ3) is 2.71. The average molecular weight is 217 g/mol. The van der Waals surface area contributed by atoms with Gasteiger partial charge in [-0.25, -0.2) is 13.2 Å². The van der Waals surface area contributed by atoms with Gasteiger partial charge in [0.1, 0.15) is 5.82 Å². The second kappa shape index (κ2) is 4.33. The predicted octanol–water partition coefficient (Wildman–Crippen LogP) is 1.73. The molecular formula is C10H10F3NO. The molecule has 0 aliphatic heterocycles. The Morgan fingerprint density at radius 2 is 1.67 bits per heavy atom. The quantitative estimate of drug-likeness (QED) is 0.691. The number of hydrogen-bond acceptors (Lipinski definition) is 1. The van der Waals surface area contributed by atoms with E-state index in [0.717, 1.165) is 0 Å². The zero-order chi connectivity index (χ0) is 11.6. The summed E-state index contributed by atoms with van der Waals surface area (Å²) >= 11 is 0. The van der Waals surface area contributed by atoms with Gasteiger partial charge in [-0.15, -0.1) is 0 Å². The molecule has 0 aromatic heterocycles. The van der Waals surface area contributed by atoms with Crippen LogP contribution in [-0.4, -0.2) is 24.9 Å². The van der Waals surface area contributed by atoms with E-state index in [9.17, 15) is 18.0 Å². The Labute approximate surface area is 85.3 Å². The van der Waals surface area contributed by atoms with Crippen LogP contribution >= 0.6 is 0 Å². The third-order valence-corrected chi connectivity index (χ3v) is 1.93. The first-order chi connectivity index (χ1) is 6.91. The molecule has 0 aliphatic carbocycles. The number of rotatable bonds is 2. The van der Waals surface area contributed by atoms with E-state index in [0.29, 0.717) is 12.1 Å². The van der Waals surface area contributed by atoms with E-state index in [1.165, 1.54) is 19.0 Å². The maximum absolute atomic E-state index is 13.1. The number of carbonyl (C=O) groups is 1. The van der Waals surface area contributed by atoms with Crippen molar-refractivity contribution in [1.82, 2.24) is 4.90 Å². The maximum Gasteiger partial charge on any atom is 0.226 e. The van der Waals surface area contributed by atoms with Gasteiger partial charge in [0.15, 0.2) is 11.6 Å². The lowest BCUT2D eigenvalue weighted by molar-refractivity contribution is -0.128. The molecule has 0 N–H and O–H groups in total. The Hall–Kier alpha value is -1.52. The number of halogens is 3. The third-order valence-electron chi connectivity index (χ3n) is 1.93. The first-order valence-electron chi connectivity index (χ1n) is 4.25. The maximum atomic E-state index is 13.1. The van der Waals surface area contributed by atoms with E-state index in [1.54, 1.807) is 0 Å². The molecule has 0 atom stereocenters. The second-order valence-electron chi connectivity index (χ2n) is 3.32.